The van der Waals surface area contributed by atoms with Crippen LogP contribution in [-0.2, 0) is 22.4 Å². The molecule has 1 saturated heterocycles. The number of anilines is 1. The molecule has 1 aromatic carbocycles. The van der Waals surface area contributed by atoms with Crippen LogP contribution in [0, 0.1) is 0 Å². The third kappa shape index (κ3) is 5.56. The molecule has 0 aliphatic carbocycles. The summed E-state index contributed by atoms with van der Waals surface area (Å²) < 4.78 is 6.06. The second-order valence-electron chi connectivity index (χ2n) is 8.34. The summed E-state index contributed by atoms with van der Waals surface area (Å²) in [5.74, 6) is 0.179. The summed E-state index contributed by atoms with van der Waals surface area (Å²) >= 11 is 6.26. The van der Waals surface area contributed by atoms with Crippen molar-refractivity contribution in [2.75, 3.05) is 31.6 Å². The Morgan fingerprint density at radius 1 is 1.29 bits per heavy atom. The van der Waals surface area contributed by atoms with E-state index in [2.05, 4.69) is 17.4 Å². The number of pyridine rings is 1. The molecule has 4 rings (SSSR count). The van der Waals surface area contributed by atoms with Gasteiger partial charge >= 0.3 is 5.97 Å². The summed E-state index contributed by atoms with van der Waals surface area (Å²) in [6.07, 6.45) is 6.14. The number of carbonyl (C=O) groups is 1. The van der Waals surface area contributed by atoms with Crippen LogP contribution in [-0.4, -0.2) is 53.3 Å². The van der Waals surface area contributed by atoms with Crippen molar-refractivity contribution >= 4 is 23.4 Å². The Balaban J connectivity index is 1.21. The molecule has 2 aliphatic rings. The topological polar surface area (TPSA) is 74.7 Å². The number of carboxylic acid groups (broad SMARTS) is 1. The second-order valence-corrected chi connectivity index (χ2v) is 8.74. The fourth-order valence-electron chi connectivity index (χ4n) is 4.47. The van der Waals surface area contributed by atoms with E-state index in [9.17, 15) is 9.90 Å². The first kappa shape index (κ1) is 22.1. The van der Waals surface area contributed by atoms with Crippen LogP contribution >= 0.6 is 11.6 Å². The molecule has 1 aromatic heterocycles. The van der Waals surface area contributed by atoms with Gasteiger partial charge in [-0.05, 0) is 61.8 Å². The van der Waals surface area contributed by atoms with Crippen LogP contribution < -0.4 is 5.32 Å². The third-order valence-corrected chi connectivity index (χ3v) is 6.45. The molecule has 3 heterocycles. The van der Waals surface area contributed by atoms with Crippen molar-refractivity contribution in [2.24, 2.45) is 0 Å². The first-order chi connectivity index (χ1) is 15.1. The Labute approximate surface area is 188 Å². The number of aliphatic carboxylic acids is 1. The van der Waals surface area contributed by atoms with Crippen LogP contribution in [0.15, 0.2) is 36.4 Å². The normalized spacial score (nSPS) is 19.6. The molecule has 0 saturated carbocycles. The van der Waals surface area contributed by atoms with Crippen LogP contribution in [0.3, 0.4) is 0 Å². The molecule has 1 unspecified atom stereocenters. The van der Waals surface area contributed by atoms with Crippen molar-refractivity contribution in [2.45, 2.75) is 50.7 Å². The zero-order chi connectivity index (χ0) is 21.6. The zero-order valence-electron chi connectivity index (χ0n) is 17.7. The predicted octanol–water partition coefficient (Wildman–Crippen LogP) is 4.33. The highest BCUT2D eigenvalue weighted by Gasteiger charge is 2.34. The van der Waals surface area contributed by atoms with E-state index in [1.807, 2.05) is 17.0 Å². The van der Waals surface area contributed by atoms with Gasteiger partial charge in [-0.3, -0.25) is 9.69 Å². The fourth-order valence-corrected chi connectivity index (χ4v) is 4.71. The van der Waals surface area contributed by atoms with Gasteiger partial charge < -0.3 is 15.2 Å². The summed E-state index contributed by atoms with van der Waals surface area (Å²) in [4.78, 5) is 18.6. The largest absolute Gasteiger partial charge is 0.480 e. The number of hydrogen-bond donors (Lipinski definition) is 2. The van der Waals surface area contributed by atoms with E-state index >= 15 is 0 Å². The average Bonchev–Trinajstić information content (AvgIpc) is 3.23. The lowest BCUT2D eigenvalue weighted by Crippen LogP contribution is -2.33. The Kier molecular flexibility index (Phi) is 7.43. The Hall–Kier alpha value is -2.15. The van der Waals surface area contributed by atoms with E-state index in [1.165, 1.54) is 12.0 Å². The summed E-state index contributed by atoms with van der Waals surface area (Å²) in [5, 5.41) is 13.7. The minimum atomic E-state index is -0.874. The van der Waals surface area contributed by atoms with Gasteiger partial charge in [0, 0.05) is 37.0 Å². The number of likely N-dealkylation sites (tertiary alicyclic amines) is 1. The number of ether oxygens (including phenoxy) is 1. The van der Waals surface area contributed by atoms with Gasteiger partial charge in [-0.1, -0.05) is 35.9 Å². The summed E-state index contributed by atoms with van der Waals surface area (Å²) in [7, 11) is 0. The van der Waals surface area contributed by atoms with E-state index < -0.39 is 12.0 Å². The van der Waals surface area contributed by atoms with Gasteiger partial charge in [-0.15, -0.1) is 0 Å². The third-order valence-electron chi connectivity index (χ3n) is 6.11. The summed E-state index contributed by atoms with van der Waals surface area (Å²) in [6.45, 7) is 3.00. The monoisotopic (exact) mass is 443 g/mol. The molecular weight excluding hydrogens is 414 g/mol. The number of hydrogen-bond acceptors (Lipinski definition) is 5. The maximum absolute atomic E-state index is 11.9. The maximum atomic E-state index is 11.9. The SMILES string of the molecule is O=C(O)C(c1ccccc1Cl)N1CC[C@@H](OCCCCc2ccc3c(n2)NCCC3)C1. The fraction of sp³-hybridized carbons (Fsp3) is 0.500. The Morgan fingerprint density at radius 3 is 3.00 bits per heavy atom. The highest BCUT2D eigenvalue weighted by Crippen LogP contribution is 2.31. The molecule has 31 heavy (non-hydrogen) atoms. The van der Waals surface area contributed by atoms with E-state index in [4.69, 9.17) is 21.3 Å². The number of unbranched alkanes of at least 4 members (excludes halogenated alkanes) is 1. The lowest BCUT2D eigenvalue weighted by molar-refractivity contribution is -0.143. The lowest BCUT2D eigenvalue weighted by atomic mass is 10.1. The standard InChI is InChI=1S/C24H30ClN3O3/c25-21-9-2-1-8-20(21)22(24(29)30)28-14-12-19(16-28)31-15-4-3-7-18-11-10-17-6-5-13-26-23(17)27-18/h1-2,8-11,19,22H,3-7,12-16H2,(H,26,27)(H,29,30)/t19-,22?/m1/s1. The van der Waals surface area contributed by atoms with Crippen molar-refractivity contribution in [3.63, 3.8) is 0 Å². The van der Waals surface area contributed by atoms with Gasteiger partial charge in [0.05, 0.1) is 6.10 Å². The van der Waals surface area contributed by atoms with Crippen molar-refractivity contribution < 1.29 is 14.6 Å². The maximum Gasteiger partial charge on any atom is 0.325 e. The molecule has 2 N–H and O–H groups in total. The van der Waals surface area contributed by atoms with Gasteiger partial charge in [0.25, 0.3) is 0 Å². The van der Waals surface area contributed by atoms with Gasteiger partial charge in [0.15, 0.2) is 0 Å². The molecule has 0 amide bonds. The zero-order valence-corrected chi connectivity index (χ0v) is 18.5. The van der Waals surface area contributed by atoms with Crippen molar-refractivity contribution in [1.82, 2.24) is 9.88 Å². The highest BCUT2D eigenvalue weighted by molar-refractivity contribution is 6.31. The number of benzene rings is 1. The van der Waals surface area contributed by atoms with E-state index in [1.54, 1.807) is 12.1 Å². The van der Waals surface area contributed by atoms with Crippen LogP contribution in [0.1, 0.15) is 48.5 Å². The molecule has 7 heteroatoms. The van der Waals surface area contributed by atoms with E-state index in [-0.39, 0.29) is 6.10 Å². The minimum absolute atomic E-state index is 0.0652. The van der Waals surface area contributed by atoms with Gasteiger partial charge in [-0.2, -0.15) is 0 Å². The predicted molar refractivity (Wildman–Crippen MR) is 122 cm³/mol. The first-order valence-corrected chi connectivity index (χ1v) is 11.5. The van der Waals surface area contributed by atoms with Crippen LogP contribution in [0.4, 0.5) is 5.82 Å². The van der Waals surface area contributed by atoms with Crippen molar-refractivity contribution in [3.05, 3.63) is 58.2 Å². The first-order valence-electron chi connectivity index (χ1n) is 11.2. The number of carboxylic acids is 1. The average molecular weight is 444 g/mol. The van der Waals surface area contributed by atoms with Gasteiger partial charge in [-0.25, -0.2) is 4.98 Å². The molecule has 2 atom stereocenters. The number of aryl methyl sites for hydroxylation is 2. The smallest absolute Gasteiger partial charge is 0.325 e. The van der Waals surface area contributed by atoms with E-state index in [0.29, 0.717) is 30.3 Å². The van der Waals surface area contributed by atoms with Crippen LogP contribution in [0.5, 0.6) is 0 Å². The molecule has 1 fully saturated rings. The number of fused-ring (bicyclic) bond motifs is 1. The summed E-state index contributed by atoms with van der Waals surface area (Å²) in [6, 6.07) is 10.8. The molecule has 0 spiro atoms. The van der Waals surface area contributed by atoms with E-state index in [0.717, 1.165) is 50.2 Å². The number of nitrogens with zero attached hydrogens (tertiary/aromatic N) is 2. The quantitative estimate of drug-likeness (QED) is 0.562. The summed E-state index contributed by atoms with van der Waals surface area (Å²) in [5.41, 5.74) is 3.09. The van der Waals surface area contributed by atoms with Gasteiger partial charge in [0.2, 0.25) is 0 Å². The molecular formula is C24H30ClN3O3. The number of nitrogens with one attached hydrogen (secondary N) is 1. The number of rotatable bonds is 9. The molecule has 2 aromatic rings. The van der Waals surface area contributed by atoms with Crippen molar-refractivity contribution in [1.29, 1.82) is 0 Å². The number of halogens is 1. The molecule has 0 bridgehead atoms. The minimum Gasteiger partial charge on any atom is -0.480 e. The van der Waals surface area contributed by atoms with Crippen LogP contribution in [0.2, 0.25) is 5.02 Å². The Bertz CT molecular complexity index is 907. The second kappa shape index (κ2) is 10.4. The Morgan fingerprint density at radius 2 is 2.16 bits per heavy atom. The molecule has 2 aliphatic heterocycles. The number of aromatic nitrogens is 1. The lowest BCUT2D eigenvalue weighted by Gasteiger charge is -2.25. The van der Waals surface area contributed by atoms with Crippen molar-refractivity contribution in [3.8, 4) is 0 Å². The van der Waals surface area contributed by atoms with Gasteiger partial charge in [0.1, 0.15) is 11.9 Å². The highest BCUT2D eigenvalue weighted by atomic mass is 35.5. The molecule has 6 nitrogen and oxygen atoms in total. The molecule has 0 radical (unpaired) electrons. The van der Waals surface area contributed by atoms with Crippen LogP contribution in [0.25, 0.3) is 0 Å². The molecule has 166 valence electrons.